The lowest BCUT2D eigenvalue weighted by molar-refractivity contribution is -0.143. The molecule has 7 rings (SSSR count). The van der Waals surface area contributed by atoms with E-state index in [0.717, 1.165) is 141 Å². The van der Waals surface area contributed by atoms with Crippen molar-refractivity contribution in [3.05, 3.63) is 59.7 Å². The fourth-order valence-corrected chi connectivity index (χ4v) is 8.39. The fourth-order valence-electron chi connectivity index (χ4n) is 8.39. The van der Waals surface area contributed by atoms with Gasteiger partial charge in [-0.15, -0.1) is 0 Å². The van der Waals surface area contributed by atoms with Crippen molar-refractivity contribution in [2.75, 3.05) is 125 Å². The summed E-state index contributed by atoms with van der Waals surface area (Å²) in [5, 5.41) is 9.86. The van der Waals surface area contributed by atoms with Crippen molar-refractivity contribution >= 4 is 5.91 Å². The number of likely N-dealkylation sites (tertiary alicyclic amines) is 1. The molecule has 1 N–H and O–H groups in total. The Balaban J connectivity index is 0.000000193. The third-order valence-electron chi connectivity index (χ3n) is 12.4. The van der Waals surface area contributed by atoms with E-state index in [1.54, 1.807) is 0 Å². The van der Waals surface area contributed by atoms with Crippen LogP contribution in [0, 0.1) is 5.92 Å². The number of aliphatic hydroxyl groups excluding tert-OH is 1. The molecule has 0 aliphatic carbocycles. The molecule has 11 nitrogen and oxygen atoms in total. The molecule has 0 unspecified atom stereocenters. The Morgan fingerprint density at radius 3 is 1.91 bits per heavy atom. The number of carbonyl (C=O) groups is 1. The largest absolute Gasteiger partial charge is 0.494 e. The molecule has 0 atom stereocenters. The van der Waals surface area contributed by atoms with Crippen LogP contribution in [0.25, 0.3) is 0 Å². The van der Waals surface area contributed by atoms with Crippen LogP contribution in [0.2, 0.25) is 0 Å². The van der Waals surface area contributed by atoms with Crippen LogP contribution in [0.1, 0.15) is 57.1 Å². The maximum atomic E-state index is 13.6. The standard InChI is InChI=1S/C24H37N3O4.C19H29NO3/c1-25-10-12-27(13-11-25)23(28)24(7-17-29-18-8-24)21-3-5-22(6-4-21)31-16-2-9-26-14-19-30-20-15-26;1-15(2)20-11-16(12-20)13-23-18-5-3-17(4-6-18)19(14-21)7-9-22-10-8-19/h3-6H,2,7-20H2,1H3;3-6,15-16,21H,7-14H2,1-2H3. The first-order valence-corrected chi connectivity index (χ1v) is 20.6. The summed E-state index contributed by atoms with van der Waals surface area (Å²) < 4.78 is 28.4. The van der Waals surface area contributed by atoms with Gasteiger partial charge in [0.2, 0.25) is 5.91 Å². The van der Waals surface area contributed by atoms with E-state index in [1.165, 1.54) is 5.56 Å². The molecule has 0 aromatic heterocycles. The van der Waals surface area contributed by atoms with Crippen LogP contribution in [0.3, 0.4) is 0 Å². The molecule has 5 aliphatic heterocycles. The van der Waals surface area contributed by atoms with Crippen LogP contribution < -0.4 is 9.47 Å². The average Bonchev–Trinajstić information content (AvgIpc) is 3.20. The first-order valence-electron chi connectivity index (χ1n) is 20.6. The first kappa shape index (κ1) is 40.9. The maximum Gasteiger partial charge on any atom is 0.233 e. The second-order valence-corrected chi connectivity index (χ2v) is 16.3. The van der Waals surface area contributed by atoms with Gasteiger partial charge in [-0.2, -0.15) is 0 Å². The predicted molar refractivity (Wildman–Crippen MR) is 211 cm³/mol. The Morgan fingerprint density at radius 2 is 1.31 bits per heavy atom. The quantitative estimate of drug-likeness (QED) is 0.303. The number of hydrogen-bond donors (Lipinski definition) is 1. The summed E-state index contributed by atoms with van der Waals surface area (Å²) in [7, 11) is 2.12. The molecule has 11 heteroatoms. The minimum atomic E-state index is -0.469. The molecule has 0 saturated carbocycles. The number of ether oxygens (including phenoxy) is 5. The van der Waals surface area contributed by atoms with Crippen molar-refractivity contribution < 1.29 is 33.6 Å². The Kier molecular flexibility index (Phi) is 15.1. The van der Waals surface area contributed by atoms with E-state index < -0.39 is 5.41 Å². The molecular formula is C43H66N4O7. The van der Waals surface area contributed by atoms with E-state index in [1.807, 2.05) is 24.3 Å². The third-order valence-corrected chi connectivity index (χ3v) is 12.4. The minimum absolute atomic E-state index is 0.136. The molecule has 300 valence electrons. The lowest BCUT2D eigenvalue weighted by Crippen LogP contribution is -2.55. The van der Waals surface area contributed by atoms with Crippen molar-refractivity contribution in [1.82, 2.24) is 19.6 Å². The molecule has 0 spiro atoms. The summed E-state index contributed by atoms with van der Waals surface area (Å²) in [5.74, 6) is 2.72. The summed E-state index contributed by atoms with van der Waals surface area (Å²) in [4.78, 5) is 22.9. The van der Waals surface area contributed by atoms with Crippen molar-refractivity contribution in [3.63, 3.8) is 0 Å². The lowest BCUT2D eigenvalue weighted by atomic mass is 9.73. The average molecular weight is 751 g/mol. The van der Waals surface area contributed by atoms with Crippen LogP contribution in [-0.4, -0.2) is 162 Å². The zero-order valence-electron chi connectivity index (χ0n) is 33.2. The number of nitrogens with zero attached hydrogens (tertiary/aromatic N) is 4. The topological polar surface area (TPSA) is 96.4 Å². The fraction of sp³-hybridized carbons (Fsp3) is 0.698. The molecule has 1 amide bonds. The number of amides is 1. The van der Waals surface area contributed by atoms with E-state index in [-0.39, 0.29) is 17.9 Å². The molecular weight excluding hydrogens is 684 g/mol. The van der Waals surface area contributed by atoms with Gasteiger partial charge < -0.3 is 43.5 Å². The highest BCUT2D eigenvalue weighted by atomic mass is 16.5. The zero-order chi connectivity index (χ0) is 37.8. The monoisotopic (exact) mass is 750 g/mol. The van der Waals surface area contributed by atoms with Crippen LogP contribution in [0.4, 0.5) is 0 Å². The Hall–Kier alpha value is -2.77. The van der Waals surface area contributed by atoms with Gasteiger partial charge in [-0.1, -0.05) is 24.3 Å². The number of benzene rings is 2. The highest BCUT2D eigenvalue weighted by Crippen LogP contribution is 2.38. The SMILES string of the molecule is CC(C)N1CC(COc2ccc(C3(CO)CCOCC3)cc2)C1.CN1CCN(C(=O)C2(c3ccc(OCCCN4CCOCC4)cc3)CCOCC2)CC1. The zero-order valence-corrected chi connectivity index (χ0v) is 33.2. The van der Waals surface area contributed by atoms with E-state index in [0.29, 0.717) is 31.8 Å². The van der Waals surface area contributed by atoms with Crippen molar-refractivity contribution in [1.29, 1.82) is 0 Å². The van der Waals surface area contributed by atoms with Crippen molar-refractivity contribution in [2.45, 2.75) is 62.8 Å². The van der Waals surface area contributed by atoms with Crippen LogP contribution in [-0.2, 0) is 29.8 Å². The van der Waals surface area contributed by atoms with Crippen LogP contribution >= 0.6 is 0 Å². The van der Waals surface area contributed by atoms with Gasteiger partial charge in [0.15, 0.2) is 0 Å². The summed E-state index contributed by atoms with van der Waals surface area (Å²) in [6.07, 6.45) is 4.27. The molecule has 5 fully saturated rings. The molecule has 5 saturated heterocycles. The van der Waals surface area contributed by atoms with Crippen LogP contribution in [0.5, 0.6) is 11.5 Å². The molecule has 2 aromatic carbocycles. The van der Waals surface area contributed by atoms with E-state index in [9.17, 15) is 9.90 Å². The number of likely N-dealkylation sites (N-methyl/N-ethyl adjacent to an activating group) is 1. The Morgan fingerprint density at radius 1 is 0.759 bits per heavy atom. The van der Waals surface area contributed by atoms with E-state index in [4.69, 9.17) is 23.7 Å². The van der Waals surface area contributed by atoms with Gasteiger partial charge in [-0.25, -0.2) is 0 Å². The van der Waals surface area contributed by atoms with Gasteiger partial charge in [0.1, 0.15) is 11.5 Å². The minimum Gasteiger partial charge on any atom is -0.494 e. The molecule has 2 aromatic rings. The van der Waals surface area contributed by atoms with Gasteiger partial charge >= 0.3 is 0 Å². The summed E-state index contributed by atoms with van der Waals surface area (Å²) >= 11 is 0. The smallest absolute Gasteiger partial charge is 0.233 e. The number of rotatable bonds is 13. The van der Waals surface area contributed by atoms with Gasteiger partial charge in [0, 0.05) is 103 Å². The number of carbonyl (C=O) groups excluding carboxylic acids is 1. The Bertz CT molecular complexity index is 1390. The van der Waals surface area contributed by atoms with Crippen molar-refractivity contribution in [3.8, 4) is 11.5 Å². The van der Waals surface area contributed by atoms with Gasteiger partial charge in [-0.05, 0) is 88.4 Å². The maximum absolute atomic E-state index is 13.6. The molecule has 5 aliphatic rings. The number of aliphatic hydroxyl groups is 1. The normalized spacial score (nSPS) is 22.6. The second kappa shape index (κ2) is 19.9. The number of piperazine rings is 1. The molecule has 5 heterocycles. The van der Waals surface area contributed by atoms with E-state index >= 15 is 0 Å². The van der Waals surface area contributed by atoms with E-state index in [2.05, 4.69) is 64.8 Å². The molecule has 0 bridgehead atoms. The van der Waals surface area contributed by atoms with Crippen molar-refractivity contribution in [2.24, 2.45) is 5.92 Å². The predicted octanol–water partition coefficient (Wildman–Crippen LogP) is 4.06. The lowest BCUT2D eigenvalue weighted by Gasteiger charge is -2.42. The summed E-state index contributed by atoms with van der Waals surface area (Å²) in [6.45, 7) is 19.4. The molecule has 0 radical (unpaired) electrons. The highest BCUT2D eigenvalue weighted by molar-refractivity contribution is 5.88. The van der Waals surface area contributed by atoms with Crippen LogP contribution in [0.15, 0.2) is 48.5 Å². The van der Waals surface area contributed by atoms with Gasteiger partial charge in [-0.3, -0.25) is 9.69 Å². The summed E-state index contributed by atoms with van der Waals surface area (Å²) in [6, 6.07) is 17.2. The number of morpholine rings is 1. The first-order chi connectivity index (χ1) is 26.3. The Labute approximate surface area is 323 Å². The van der Waals surface area contributed by atoms with Gasteiger partial charge in [0.05, 0.1) is 38.4 Å². The molecule has 54 heavy (non-hydrogen) atoms. The second-order valence-electron chi connectivity index (χ2n) is 16.3. The van der Waals surface area contributed by atoms with Gasteiger partial charge in [0.25, 0.3) is 0 Å². The summed E-state index contributed by atoms with van der Waals surface area (Å²) in [5.41, 5.74) is 1.69. The number of hydrogen-bond acceptors (Lipinski definition) is 10. The third kappa shape index (κ3) is 10.5. The highest BCUT2D eigenvalue weighted by Gasteiger charge is 2.44.